The first-order chi connectivity index (χ1) is 9.97. The van der Waals surface area contributed by atoms with E-state index < -0.39 is 10.9 Å². The highest BCUT2D eigenvalue weighted by Gasteiger charge is 2.15. The summed E-state index contributed by atoms with van der Waals surface area (Å²) in [6.07, 6.45) is 0. The SMILES string of the molecule is Cc1ccc([N+](=O)[O-])c(OCc2ccc(C(=O)O)cc2)c1. The normalized spacial score (nSPS) is 10.1. The number of nitrogens with zero attached hydrogens (tertiary/aromatic N) is 1. The van der Waals surface area contributed by atoms with Crippen molar-refractivity contribution >= 4 is 11.7 Å². The highest BCUT2D eigenvalue weighted by atomic mass is 16.6. The summed E-state index contributed by atoms with van der Waals surface area (Å²) in [5.74, 6) is -0.806. The molecule has 0 aliphatic rings. The van der Waals surface area contributed by atoms with Crippen molar-refractivity contribution in [2.45, 2.75) is 13.5 Å². The second-order valence-corrected chi connectivity index (χ2v) is 4.52. The molecule has 0 saturated heterocycles. The number of carboxylic acids is 1. The van der Waals surface area contributed by atoms with E-state index >= 15 is 0 Å². The standard InChI is InChI=1S/C15H13NO5/c1-10-2-7-13(16(19)20)14(8-10)21-9-11-3-5-12(6-4-11)15(17)18/h2-8H,9H2,1H3,(H,17,18). The van der Waals surface area contributed by atoms with Crippen molar-refractivity contribution in [2.75, 3.05) is 0 Å². The zero-order valence-corrected chi connectivity index (χ0v) is 11.3. The molecule has 6 heteroatoms. The monoisotopic (exact) mass is 287 g/mol. The molecule has 21 heavy (non-hydrogen) atoms. The molecular formula is C15H13NO5. The van der Waals surface area contributed by atoms with Crippen LogP contribution in [0.5, 0.6) is 5.75 Å². The van der Waals surface area contributed by atoms with Crippen LogP contribution in [0.1, 0.15) is 21.5 Å². The van der Waals surface area contributed by atoms with Gasteiger partial charge in [0.1, 0.15) is 6.61 Å². The second-order valence-electron chi connectivity index (χ2n) is 4.52. The Hall–Kier alpha value is -2.89. The molecule has 2 rings (SSSR count). The summed E-state index contributed by atoms with van der Waals surface area (Å²) < 4.78 is 5.48. The van der Waals surface area contributed by atoms with Crippen molar-refractivity contribution in [1.29, 1.82) is 0 Å². The van der Waals surface area contributed by atoms with Gasteiger partial charge in [-0.15, -0.1) is 0 Å². The molecule has 6 nitrogen and oxygen atoms in total. The Balaban J connectivity index is 2.14. The molecule has 0 amide bonds. The van der Waals surface area contributed by atoms with E-state index in [4.69, 9.17) is 9.84 Å². The molecule has 0 aromatic heterocycles. The Morgan fingerprint density at radius 2 is 1.90 bits per heavy atom. The highest BCUT2D eigenvalue weighted by molar-refractivity contribution is 5.87. The first-order valence-electron chi connectivity index (χ1n) is 6.17. The number of hydrogen-bond donors (Lipinski definition) is 1. The molecule has 0 saturated carbocycles. The Morgan fingerprint density at radius 3 is 2.48 bits per heavy atom. The summed E-state index contributed by atoms with van der Waals surface area (Å²) in [4.78, 5) is 21.2. The fourth-order valence-electron chi connectivity index (χ4n) is 1.79. The summed E-state index contributed by atoms with van der Waals surface area (Å²) in [5.41, 5.74) is 1.68. The molecule has 108 valence electrons. The van der Waals surface area contributed by atoms with Crippen molar-refractivity contribution in [1.82, 2.24) is 0 Å². The third kappa shape index (κ3) is 3.56. The number of ether oxygens (including phenoxy) is 1. The lowest BCUT2D eigenvalue weighted by Crippen LogP contribution is -2.01. The van der Waals surface area contributed by atoms with Crippen molar-refractivity contribution < 1.29 is 19.6 Å². The van der Waals surface area contributed by atoms with Crippen LogP contribution in [0.2, 0.25) is 0 Å². The number of aromatic carboxylic acids is 1. The third-order valence-corrected chi connectivity index (χ3v) is 2.91. The van der Waals surface area contributed by atoms with Crippen LogP contribution in [0.3, 0.4) is 0 Å². The van der Waals surface area contributed by atoms with Crippen LogP contribution in [-0.2, 0) is 6.61 Å². The predicted molar refractivity (Wildman–Crippen MR) is 75.6 cm³/mol. The molecule has 0 aliphatic carbocycles. The molecule has 0 aliphatic heterocycles. The van der Waals surface area contributed by atoms with E-state index in [1.54, 1.807) is 24.3 Å². The molecule has 0 bridgehead atoms. The number of rotatable bonds is 5. The van der Waals surface area contributed by atoms with E-state index in [-0.39, 0.29) is 23.6 Å². The molecule has 0 unspecified atom stereocenters. The Labute approximate surface area is 120 Å². The molecule has 0 heterocycles. The van der Waals surface area contributed by atoms with E-state index in [0.29, 0.717) is 0 Å². The molecule has 0 atom stereocenters. The van der Waals surface area contributed by atoms with Gasteiger partial charge in [-0.05, 0) is 36.2 Å². The minimum absolute atomic E-state index is 0.0947. The van der Waals surface area contributed by atoms with E-state index in [9.17, 15) is 14.9 Å². The fraction of sp³-hybridized carbons (Fsp3) is 0.133. The minimum Gasteiger partial charge on any atom is -0.482 e. The molecule has 2 aromatic carbocycles. The zero-order valence-electron chi connectivity index (χ0n) is 11.3. The summed E-state index contributed by atoms with van der Waals surface area (Å²) in [6, 6.07) is 10.8. The smallest absolute Gasteiger partial charge is 0.335 e. The predicted octanol–water partition coefficient (Wildman–Crippen LogP) is 3.18. The van der Waals surface area contributed by atoms with Gasteiger partial charge in [0.05, 0.1) is 10.5 Å². The van der Waals surface area contributed by atoms with Crippen molar-refractivity contribution in [3.8, 4) is 5.75 Å². The van der Waals surface area contributed by atoms with Crippen LogP contribution in [0, 0.1) is 17.0 Å². The van der Waals surface area contributed by atoms with Gasteiger partial charge in [0.25, 0.3) is 0 Å². The van der Waals surface area contributed by atoms with Gasteiger partial charge in [-0.3, -0.25) is 10.1 Å². The van der Waals surface area contributed by atoms with E-state index in [0.717, 1.165) is 11.1 Å². The zero-order chi connectivity index (χ0) is 15.4. The van der Waals surface area contributed by atoms with Gasteiger partial charge < -0.3 is 9.84 Å². The van der Waals surface area contributed by atoms with Crippen molar-refractivity contribution in [3.63, 3.8) is 0 Å². The van der Waals surface area contributed by atoms with Crippen molar-refractivity contribution in [3.05, 3.63) is 69.3 Å². The lowest BCUT2D eigenvalue weighted by molar-refractivity contribution is -0.386. The number of carboxylic acid groups (broad SMARTS) is 1. The lowest BCUT2D eigenvalue weighted by Gasteiger charge is -2.08. The first kappa shape index (κ1) is 14.5. The Morgan fingerprint density at radius 1 is 1.24 bits per heavy atom. The van der Waals surface area contributed by atoms with Gasteiger partial charge in [0.15, 0.2) is 5.75 Å². The fourth-order valence-corrected chi connectivity index (χ4v) is 1.79. The number of hydrogen-bond acceptors (Lipinski definition) is 4. The lowest BCUT2D eigenvalue weighted by atomic mass is 10.1. The number of carbonyl (C=O) groups is 1. The van der Waals surface area contributed by atoms with Gasteiger partial charge in [-0.2, -0.15) is 0 Å². The van der Waals surface area contributed by atoms with Crippen LogP contribution in [-0.4, -0.2) is 16.0 Å². The van der Waals surface area contributed by atoms with E-state index in [1.807, 2.05) is 6.92 Å². The first-order valence-corrected chi connectivity index (χ1v) is 6.17. The molecule has 0 spiro atoms. The largest absolute Gasteiger partial charge is 0.482 e. The van der Waals surface area contributed by atoms with Crippen LogP contribution >= 0.6 is 0 Å². The summed E-state index contributed by atoms with van der Waals surface area (Å²) >= 11 is 0. The average molecular weight is 287 g/mol. The van der Waals surface area contributed by atoms with Gasteiger partial charge in [0, 0.05) is 6.07 Å². The van der Waals surface area contributed by atoms with Crippen LogP contribution in [0.25, 0.3) is 0 Å². The average Bonchev–Trinajstić information content (AvgIpc) is 2.45. The maximum absolute atomic E-state index is 10.9. The van der Waals surface area contributed by atoms with Crippen molar-refractivity contribution in [2.24, 2.45) is 0 Å². The van der Waals surface area contributed by atoms with Gasteiger partial charge in [-0.25, -0.2) is 4.79 Å². The van der Waals surface area contributed by atoms with Crippen LogP contribution < -0.4 is 4.74 Å². The Bertz CT molecular complexity index is 679. The number of nitro groups is 1. The molecule has 1 N–H and O–H groups in total. The van der Waals surface area contributed by atoms with Crippen LogP contribution in [0.4, 0.5) is 5.69 Å². The maximum atomic E-state index is 10.9. The number of benzene rings is 2. The van der Waals surface area contributed by atoms with Gasteiger partial charge >= 0.3 is 11.7 Å². The van der Waals surface area contributed by atoms with E-state index in [1.165, 1.54) is 18.2 Å². The second kappa shape index (κ2) is 6.04. The quantitative estimate of drug-likeness (QED) is 0.673. The third-order valence-electron chi connectivity index (χ3n) is 2.91. The van der Waals surface area contributed by atoms with Gasteiger partial charge in [-0.1, -0.05) is 18.2 Å². The van der Waals surface area contributed by atoms with Crippen LogP contribution in [0.15, 0.2) is 42.5 Å². The highest BCUT2D eigenvalue weighted by Crippen LogP contribution is 2.28. The maximum Gasteiger partial charge on any atom is 0.335 e. The Kier molecular flexibility index (Phi) is 4.18. The molecule has 2 aromatic rings. The van der Waals surface area contributed by atoms with Gasteiger partial charge in [0.2, 0.25) is 0 Å². The van der Waals surface area contributed by atoms with E-state index in [2.05, 4.69) is 0 Å². The number of aryl methyl sites for hydroxylation is 1. The number of nitro benzene ring substituents is 1. The molecule has 0 fully saturated rings. The molecular weight excluding hydrogens is 274 g/mol. The summed E-state index contributed by atoms with van der Waals surface area (Å²) in [6.45, 7) is 1.95. The minimum atomic E-state index is -1.00. The summed E-state index contributed by atoms with van der Waals surface area (Å²) in [7, 11) is 0. The summed E-state index contributed by atoms with van der Waals surface area (Å²) in [5, 5.41) is 19.7. The topological polar surface area (TPSA) is 89.7 Å². The molecule has 0 radical (unpaired) electrons.